The van der Waals surface area contributed by atoms with Crippen molar-refractivity contribution >= 4 is 11.6 Å². The molecule has 0 saturated heterocycles. The lowest BCUT2D eigenvalue weighted by Crippen LogP contribution is -2.07. The largest absolute Gasteiger partial charge is 0.406 e. The van der Waals surface area contributed by atoms with Crippen LogP contribution in [-0.2, 0) is 7.05 Å². The van der Waals surface area contributed by atoms with Crippen LogP contribution in [0.4, 0.5) is 11.6 Å². The Morgan fingerprint density at radius 2 is 2.38 bits per heavy atom. The van der Waals surface area contributed by atoms with Gasteiger partial charge in [-0.25, -0.2) is 0 Å². The second kappa shape index (κ2) is 5.16. The van der Waals surface area contributed by atoms with Crippen molar-refractivity contribution < 1.29 is 4.92 Å². The van der Waals surface area contributed by atoms with E-state index in [1.54, 1.807) is 18.5 Å². The summed E-state index contributed by atoms with van der Waals surface area (Å²) in [6, 6.07) is 0. The number of unbranched alkanes of at least 4 members (excludes halogenated alkanes) is 1. The van der Waals surface area contributed by atoms with Crippen LogP contribution in [0, 0.1) is 29.4 Å². The Hall–Kier alpha value is -2.03. The maximum atomic E-state index is 10.7. The fourth-order valence-electron chi connectivity index (χ4n) is 1.32. The summed E-state index contributed by atoms with van der Waals surface area (Å²) >= 11 is 0. The van der Waals surface area contributed by atoms with Crippen LogP contribution < -0.4 is 5.32 Å². The van der Waals surface area contributed by atoms with Crippen LogP contribution in [0.3, 0.4) is 0 Å². The van der Waals surface area contributed by atoms with Gasteiger partial charge in [0.1, 0.15) is 0 Å². The number of hydrogen-bond donors (Lipinski definition) is 1. The van der Waals surface area contributed by atoms with E-state index >= 15 is 0 Å². The number of terminal acetylenes is 1. The van der Waals surface area contributed by atoms with Gasteiger partial charge in [-0.05, 0) is 16.3 Å². The summed E-state index contributed by atoms with van der Waals surface area (Å²) in [6.45, 7) is 2.32. The van der Waals surface area contributed by atoms with E-state index in [0.29, 0.717) is 24.6 Å². The van der Waals surface area contributed by atoms with Gasteiger partial charge in [0.2, 0.25) is 11.6 Å². The van der Waals surface area contributed by atoms with Crippen molar-refractivity contribution in [3.63, 3.8) is 0 Å². The molecule has 1 aromatic rings. The Kier molecular flexibility index (Phi) is 3.89. The lowest BCUT2D eigenvalue weighted by atomic mass is 10.3. The van der Waals surface area contributed by atoms with Crippen LogP contribution in [0.5, 0.6) is 0 Å². The van der Waals surface area contributed by atoms with Gasteiger partial charge >= 0.3 is 5.82 Å². The van der Waals surface area contributed by atoms with E-state index in [0.717, 1.165) is 6.42 Å². The third-order valence-corrected chi connectivity index (χ3v) is 2.26. The van der Waals surface area contributed by atoms with Crippen molar-refractivity contribution in [2.45, 2.75) is 19.8 Å². The van der Waals surface area contributed by atoms with Gasteiger partial charge in [-0.1, -0.05) is 0 Å². The Balaban J connectivity index is 2.78. The quantitative estimate of drug-likeness (QED) is 0.354. The molecule has 1 N–H and O–H groups in total. The molecule has 0 aliphatic heterocycles. The molecule has 1 aromatic heterocycles. The first-order chi connectivity index (χ1) is 7.57. The van der Waals surface area contributed by atoms with Crippen molar-refractivity contribution in [1.29, 1.82) is 0 Å². The summed E-state index contributed by atoms with van der Waals surface area (Å²) in [6.07, 6.45) is 6.54. The van der Waals surface area contributed by atoms with Gasteiger partial charge in [-0.15, -0.1) is 12.3 Å². The lowest BCUT2D eigenvalue weighted by Gasteiger charge is -2.04. The number of imidazole rings is 1. The predicted octanol–water partition coefficient (Wildman–Crippen LogP) is 1.46. The molecule has 0 fully saturated rings. The predicted molar refractivity (Wildman–Crippen MR) is 61.2 cm³/mol. The zero-order valence-electron chi connectivity index (χ0n) is 9.36. The fraction of sp³-hybridized carbons (Fsp3) is 0.500. The maximum absolute atomic E-state index is 10.7. The second-order valence-electron chi connectivity index (χ2n) is 3.38. The molecule has 6 nitrogen and oxygen atoms in total. The summed E-state index contributed by atoms with van der Waals surface area (Å²) < 4.78 is 1.66. The van der Waals surface area contributed by atoms with Gasteiger partial charge in [0.25, 0.3) is 0 Å². The van der Waals surface area contributed by atoms with Crippen molar-refractivity contribution in [1.82, 2.24) is 9.55 Å². The van der Waals surface area contributed by atoms with Crippen molar-refractivity contribution in [3.8, 4) is 12.3 Å². The number of aryl methyl sites for hydroxylation is 1. The fourth-order valence-corrected chi connectivity index (χ4v) is 1.32. The highest BCUT2D eigenvalue weighted by molar-refractivity contribution is 5.53. The van der Waals surface area contributed by atoms with E-state index in [9.17, 15) is 10.1 Å². The minimum atomic E-state index is -0.490. The number of aromatic nitrogens is 2. The highest BCUT2D eigenvalue weighted by Crippen LogP contribution is 2.23. The highest BCUT2D eigenvalue weighted by atomic mass is 16.6. The van der Waals surface area contributed by atoms with E-state index in [2.05, 4.69) is 16.2 Å². The Morgan fingerprint density at radius 3 is 2.94 bits per heavy atom. The van der Waals surface area contributed by atoms with E-state index in [1.807, 2.05) is 0 Å². The summed E-state index contributed by atoms with van der Waals surface area (Å²) in [7, 11) is 1.73. The first kappa shape index (κ1) is 12.0. The van der Waals surface area contributed by atoms with Crippen LogP contribution in [0.2, 0.25) is 0 Å². The third kappa shape index (κ3) is 2.51. The van der Waals surface area contributed by atoms with Gasteiger partial charge in [0.15, 0.2) is 0 Å². The first-order valence-electron chi connectivity index (χ1n) is 4.93. The normalized spacial score (nSPS) is 9.81. The minimum absolute atomic E-state index is 0.138. The SMILES string of the molecule is C#CCCCNc1c([N+](=O)[O-])nc(C)n1C. The van der Waals surface area contributed by atoms with Crippen LogP contribution in [0.25, 0.3) is 0 Å². The van der Waals surface area contributed by atoms with Gasteiger partial charge in [0.05, 0.1) is 0 Å². The van der Waals surface area contributed by atoms with Crippen molar-refractivity contribution in [2.75, 3.05) is 11.9 Å². The zero-order chi connectivity index (χ0) is 12.1. The van der Waals surface area contributed by atoms with Crippen molar-refractivity contribution in [3.05, 3.63) is 15.9 Å². The summed E-state index contributed by atoms with van der Waals surface area (Å²) in [5.74, 6) is 3.41. The molecule has 0 aliphatic carbocycles. The molecule has 0 unspecified atom stereocenters. The highest BCUT2D eigenvalue weighted by Gasteiger charge is 2.22. The molecular formula is C10H14N4O2. The third-order valence-electron chi connectivity index (χ3n) is 2.26. The molecule has 0 radical (unpaired) electrons. The number of nitrogens with one attached hydrogen (secondary N) is 1. The number of hydrogen-bond acceptors (Lipinski definition) is 4. The first-order valence-corrected chi connectivity index (χ1v) is 4.93. The van der Waals surface area contributed by atoms with Gasteiger partial charge in [0, 0.05) is 26.9 Å². The molecule has 0 aliphatic rings. The molecule has 6 heteroatoms. The molecule has 0 atom stereocenters. The molecule has 0 saturated carbocycles. The topological polar surface area (TPSA) is 73.0 Å². The molecule has 16 heavy (non-hydrogen) atoms. The van der Waals surface area contributed by atoms with Crippen LogP contribution in [0.1, 0.15) is 18.7 Å². The number of nitro groups is 1. The number of nitrogens with zero attached hydrogens (tertiary/aromatic N) is 3. The minimum Gasteiger partial charge on any atom is -0.364 e. The zero-order valence-corrected chi connectivity index (χ0v) is 9.36. The van der Waals surface area contributed by atoms with Crippen LogP contribution >= 0.6 is 0 Å². The molecule has 0 bridgehead atoms. The molecule has 0 amide bonds. The van der Waals surface area contributed by atoms with E-state index in [4.69, 9.17) is 6.42 Å². The van der Waals surface area contributed by atoms with Crippen LogP contribution in [0.15, 0.2) is 0 Å². The molecular weight excluding hydrogens is 208 g/mol. The van der Waals surface area contributed by atoms with E-state index in [-0.39, 0.29) is 5.82 Å². The van der Waals surface area contributed by atoms with Gasteiger partial charge < -0.3 is 15.4 Å². The monoisotopic (exact) mass is 222 g/mol. The smallest absolute Gasteiger partial charge is 0.364 e. The Morgan fingerprint density at radius 1 is 1.69 bits per heavy atom. The molecule has 1 heterocycles. The molecule has 0 spiro atoms. The number of anilines is 1. The van der Waals surface area contributed by atoms with E-state index in [1.165, 1.54) is 0 Å². The summed E-state index contributed by atoms with van der Waals surface area (Å²) in [5, 5.41) is 13.7. The average molecular weight is 222 g/mol. The average Bonchev–Trinajstić information content (AvgIpc) is 2.52. The molecule has 1 rings (SSSR count). The molecule has 0 aromatic carbocycles. The summed E-state index contributed by atoms with van der Waals surface area (Å²) in [4.78, 5) is 14.1. The Bertz CT molecular complexity index is 431. The van der Waals surface area contributed by atoms with E-state index < -0.39 is 4.92 Å². The van der Waals surface area contributed by atoms with Gasteiger partial charge in [-0.2, -0.15) is 0 Å². The van der Waals surface area contributed by atoms with Crippen molar-refractivity contribution in [2.24, 2.45) is 7.05 Å². The summed E-state index contributed by atoms with van der Waals surface area (Å²) in [5.41, 5.74) is 0. The maximum Gasteiger partial charge on any atom is 0.406 e. The second-order valence-corrected chi connectivity index (χ2v) is 3.38. The Labute approximate surface area is 93.8 Å². The lowest BCUT2D eigenvalue weighted by molar-refractivity contribution is -0.388. The molecule has 86 valence electrons. The number of rotatable bonds is 5. The standard InChI is InChI=1S/C10H14N4O2/c1-4-5-6-7-11-9-10(14(15)16)12-8(2)13(9)3/h1,11H,5-7H2,2-3H3. The van der Waals surface area contributed by atoms with Crippen LogP contribution in [-0.4, -0.2) is 21.0 Å². The van der Waals surface area contributed by atoms with Gasteiger partial charge in [-0.3, -0.25) is 4.57 Å².